The molecule has 0 bridgehead atoms. The minimum absolute atomic E-state index is 0.160. The molecule has 1 N–H and O–H groups in total. The number of hydrogen-bond donors (Lipinski definition) is 1. The second-order valence-electron chi connectivity index (χ2n) is 8.62. The van der Waals surface area contributed by atoms with Crippen molar-refractivity contribution >= 4 is 22.7 Å². The summed E-state index contributed by atoms with van der Waals surface area (Å²) in [7, 11) is 0. The molecule has 5 rings (SSSR count). The van der Waals surface area contributed by atoms with E-state index in [0.717, 1.165) is 54.5 Å². The molecule has 3 aromatic heterocycles. The molecule has 2 fully saturated rings. The molecular formula is C22H25N7. The third-order valence-electron chi connectivity index (χ3n) is 6.73. The molecule has 0 amide bonds. The van der Waals surface area contributed by atoms with Crippen molar-refractivity contribution < 1.29 is 0 Å². The van der Waals surface area contributed by atoms with Crippen molar-refractivity contribution in [3.8, 4) is 6.07 Å². The molecule has 0 aliphatic carbocycles. The normalized spacial score (nSPS) is 24.4. The van der Waals surface area contributed by atoms with Crippen LogP contribution >= 0.6 is 0 Å². The number of aromatic amines is 1. The first-order valence-corrected chi connectivity index (χ1v) is 10.2. The van der Waals surface area contributed by atoms with Crippen LogP contribution in [-0.2, 0) is 0 Å². The van der Waals surface area contributed by atoms with E-state index in [-0.39, 0.29) is 5.41 Å². The van der Waals surface area contributed by atoms with Crippen molar-refractivity contribution in [2.45, 2.75) is 26.7 Å². The highest BCUT2D eigenvalue weighted by Gasteiger charge is 2.44. The first-order valence-electron chi connectivity index (χ1n) is 10.2. The van der Waals surface area contributed by atoms with Gasteiger partial charge < -0.3 is 14.8 Å². The number of piperidine rings is 2. The lowest BCUT2D eigenvalue weighted by molar-refractivity contribution is 0.125. The lowest BCUT2D eigenvalue weighted by Gasteiger charge is -2.52. The maximum atomic E-state index is 9.19. The van der Waals surface area contributed by atoms with Crippen molar-refractivity contribution in [1.29, 1.82) is 5.26 Å². The van der Waals surface area contributed by atoms with E-state index >= 15 is 0 Å². The molecule has 2 unspecified atom stereocenters. The Morgan fingerprint density at radius 3 is 2.72 bits per heavy atom. The SMILES string of the molecule is Cc1nc(N2CCC3CCN(c4ncnc5[nH]ccc45)CC3(C)C2)ccc1C#N. The fraction of sp³-hybridized carbons (Fsp3) is 0.455. The van der Waals surface area contributed by atoms with Crippen LogP contribution in [0.15, 0.2) is 30.7 Å². The predicted molar refractivity (Wildman–Crippen MR) is 113 cm³/mol. The zero-order valence-electron chi connectivity index (χ0n) is 16.9. The molecule has 3 aromatic rings. The number of anilines is 2. The van der Waals surface area contributed by atoms with E-state index in [1.807, 2.05) is 25.3 Å². The van der Waals surface area contributed by atoms with Gasteiger partial charge in [0.15, 0.2) is 0 Å². The maximum Gasteiger partial charge on any atom is 0.142 e. The molecule has 148 valence electrons. The highest BCUT2D eigenvalue weighted by molar-refractivity contribution is 5.87. The molecule has 0 aromatic carbocycles. The molecule has 2 aliphatic rings. The fourth-order valence-corrected chi connectivity index (χ4v) is 5.13. The number of nitrogens with zero attached hydrogens (tertiary/aromatic N) is 6. The first kappa shape index (κ1) is 17.9. The van der Waals surface area contributed by atoms with Crippen LogP contribution in [-0.4, -0.2) is 46.1 Å². The zero-order valence-corrected chi connectivity index (χ0v) is 16.9. The molecule has 7 heteroatoms. The Kier molecular flexibility index (Phi) is 4.16. The van der Waals surface area contributed by atoms with Crippen molar-refractivity contribution in [2.75, 3.05) is 36.0 Å². The van der Waals surface area contributed by atoms with Gasteiger partial charge in [-0.3, -0.25) is 0 Å². The van der Waals surface area contributed by atoms with Gasteiger partial charge in [-0.25, -0.2) is 15.0 Å². The van der Waals surface area contributed by atoms with E-state index in [4.69, 9.17) is 4.98 Å². The van der Waals surface area contributed by atoms with Crippen LogP contribution in [0.1, 0.15) is 31.0 Å². The average molecular weight is 387 g/mol. The average Bonchev–Trinajstić information content (AvgIpc) is 3.21. The van der Waals surface area contributed by atoms with Gasteiger partial charge in [0.1, 0.15) is 29.7 Å². The Bertz CT molecular complexity index is 1100. The molecule has 0 saturated carbocycles. The smallest absolute Gasteiger partial charge is 0.142 e. The number of fused-ring (bicyclic) bond motifs is 2. The standard InChI is InChI=1S/C22H25N7/c1-15-16(11-23)3-4-19(27-15)28-9-6-17-7-10-29(13-22(17,2)12-28)21-18-5-8-24-20(18)25-14-26-21/h3-5,8,14,17H,6-7,9-10,12-13H2,1-2H3,(H,24,25,26). The largest absolute Gasteiger partial charge is 0.356 e. The van der Waals surface area contributed by atoms with Crippen LogP contribution in [0.3, 0.4) is 0 Å². The highest BCUT2D eigenvalue weighted by Crippen LogP contribution is 2.43. The minimum Gasteiger partial charge on any atom is -0.356 e. The fourth-order valence-electron chi connectivity index (χ4n) is 5.13. The number of nitrogens with one attached hydrogen (secondary N) is 1. The Morgan fingerprint density at radius 1 is 1.14 bits per heavy atom. The number of aromatic nitrogens is 4. The van der Waals surface area contributed by atoms with Gasteiger partial charge in [-0.15, -0.1) is 0 Å². The summed E-state index contributed by atoms with van der Waals surface area (Å²) in [6, 6.07) is 8.16. The van der Waals surface area contributed by atoms with Crippen LogP contribution in [0.2, 0.25) is 0 Å². The van der Waals surface area contributed by atoms with Gasteiger partial charge in [-0.1, -0.05) is 6.92 Å². The molecule has 2 aliphatic heterocycles. The molecule has 29 heavy (non-hydrogen) atoms. The van der Waals surface area contributed by atoms with Crippen molar-refractivity contribution in [1.82, 2.24) is 19.9 Å². The van der Waals surface area contributed by atoms with Crippen LogP contribution in [0.5, 0.6) is 0 Å². The highest BCUT2D eigenvalue weighted by atomic mass is 15.2. The molecule has 2 saturated heterocycles. The van der Waals surface area contributed by atoms with Crippen molar-refractivity contribution in [2.24, 2.45) is 11.3 Å². The second kappa shape index (κ2) is 6.73. The van der Waals surface area contributed by atoms with E-state index in [9.17, 15) is 5.26 Å². The summed E-state index contributed by atoms with van der Waals surface area (Å²) in [6.45, 7) is 8.31. The number of nitriles is 1. The topological polar surface area (TPSA) is 84.7 Å². The van der Waals surface area contributed by atoms with E-state index in [1.54, 1.807) is 6.33 Å². The van der Waals surface area contributed by atoms with Gasteiger partial charge in [0.25, 0.3) is 0 Å². The van der Waals surface area contributed by atoms with E-state index in [2.05, 4.69) is 43.8 Å². The van der Waals surface area contributed by atoms with Gasteiger partial charge in [0, 0.05) is 37.8 Å². The predicted octanol–water partition coefficient (Wildman–Crippen LogP) is 3.28. The third kappa shape index (κ3) is 3.00. The molecule has 2 atom stereocenters. The summed E-state index contributed by atoms with van der Waals surface area (Å²) in [5, 5.41) is 10.3. The maximum absolute atomic E-state index is 9.19. The molecule has 5 heterocycles. The van der Waals surface area contributed by atoms with E-state index in [1.165, 1.54) is 12.8 Å². The third-order valence-corrected chi connectivity index (χ3v) is 6.73. The van der Waals surface area contributed by atoms with E-state index in [0.29, 0.717) is 11.5 Å². The summed E-state index contributed by atoms with van der Waals surface area (Å²) in [6.07, 6.45) is 5.94. The summed E-state index contributed by atoms with van der Waals surface area (Å²) in [5.74, 6) is 2.71. The molecule has 7 nitrogen and oxygen atoms in total. The Labute approximate surface area is 170 Å². The zero-order chi connectivity index (χ0) is 20.0. The summed E-state index contributed by atoms with van der Waals surface area (Å²) in [5.41, 5.74) is 2.51. The van der Waals surface area contributed by atoms with Gasteiger partial charge in [-0.05, 0) is 43.9 Å². The molecule has 0 spiro atoms. The molecular weight excluding hydrogens is 362 g/mol. The first-order chi connectivity index (χ1) is 14.1. The number of H-pyrrole nitrogens is 1. The minimum atomic E-state index is 0.160. The number of rotatable bonds is 2. The quantitative estimate of drug-likeness (QED) is 0.726. The van der Waals surface area contributed by atoms with E-state index < -0.39 is 0 Å². The Morgan fingerprint density at radius 2 is 1.93 bits per heavy atom. The van der Waals surface area contributed by atoms with Gasteiger partial charge >= 0.3 is 0 Å². The van der Waals surface area contributed by atoms with Crippen molar-refractivity contribution in [3.05, 3.63) is 42.0 Å². The Hall–Kier alpha value is -3.14. The van der Waals surface area contributed by atoms with Crippen molar-refractivity contribution in [3.63, 3.8) is 0 Å². The lowest BCUT2D eigenvalue weighted by Crippen LogP contribution is -2.57. The summed E-state index contributed by atoms with van der Waals surface area (Å²) >= 11 is 0. The van der Waals surface area contributed by atoms with Gasteiger partial charge in [0.2, 0.25) is 0 Å². The lowest BCUT2D eigenvalue weighted by atomic mass is 9.68. The number of pyridine rings is 1. The van der Waals surface area contributed by atoms with Crippen LogP contribution in [0.4, 0.5) is 11.6 Å². The summed E-state index contributed by atoms with van der Waals surface area (Å²) in [4.78, 5) is 21.7. The number of aryl methyl sites for hydroxylation is 1. The number of hydrogen-bond acceptors (Lipinski definition) is 6. The second-order valence-corrected chi connectivity index (χ2v) is 8.62. The van der Waals surface area contributed by atoms with Crippen LogP contribution < -0.4 is 9.80 Å². The summed E-state index contributed by atoms with van der Waals surface area (Å²) < 4.78 is 0. The Balaban J connectivity index is 1.41. The van der Waals surface area contributed by atoms with Gasteiger partial charge in [0.05, 0.1) is 16.6 Å². The molecule has 0 radical (unpaired) electrons. The van der Waals surface area contributed by atoms with Crippen LogP contribution in [0, 0.1) is 29.6 Å². The van der Waals surface area contributed by atoms with Crippen LogP contribution in [0.25, 0.3) is 11.0 Å². The monoisotopic (exact) mass is 387 g/mol. The van der Waals surface area contributed by atoms with Gasteiger partial charge in [-0.2, -0.15) is 5.26 Å².